The first-order valence-electron chi connectivity index (χ1n) is 9.29. The number of benzene rings is 1. The van der Waals surface area contributed by atoms with Crippen LogP contribution in [0.2, 0.25) is 5.02 Å². The number of fused-ring (bicyclic) bond motifs is 1. The molecule has 146 valence electrons. The molecule has 1 N–H and O–H groups in total. The second-order valence-electron chi connectivity index (χ2n) is 6.87. The number of halogens is 1. The summed E-state index contributed by atoms with van der Waals surface area (Å²) >= 11 is 6.12. The highest BCUT2D eigenvalue weighted by Crippen LogP contribution is 2.21. The number of carbonyl (C=O) groups is 1. The van der Waals surface area contributed by atoms with Crippen molar-refractivity contribution in [3.8, 4) is 0 Å². The van der Waals surface area contributed by atoms with Gasteiger partial charge in [-0.2, -0.15) is 5.10 Å². The minimum Gasteiger partial charge on any atom is -0.346 e. The van der Waals surface area contributed by atoms with Crippen LogP contribution in [0.15, 0.2) is 54.9 Å². The number of nitrogens with one attached hydrogen (secondary N) is 1. The summed E-state index contributed by atoms with van der Waals surface area (Å²) in [4.78, 5) is 21.6. The van der Waals surface area contributed by atoms with Crippen LogP contribution in [0.3, 0.4) is 0 Å². The first-order chi connectivity index (χ1) is 14.0. The summed E-state index contributed by atoms with van der Waals surface area (Å²) in [5.74, 6) is -0.223. The molecular weight excluding hydrogens is 386 g/mol. The summed E-state index contributed by atoms with van der Waals surface area (Å²) in [6.45, 7) is 4.29. The van der Waals surface area contributed by atoms with E-state index < -0.39 is 0 Å². The molecule has 4 aromatic rings. The molecule has 0 saturated carbocycles. The summed E-state index contributed by atoms with van der Waals surface area (Å²) in [6.07, 6.45) is 3.96. The van der Waals surface area contributed by atoms with E-state index in [0.717, 1.165) is 28.2 Å². The number of amides is 1. The van der Waals surface area contributed by atoms with Crippen LogP contribution < -0.4 is 5.32 Å². The Hall–Kier alpha value is -3.25. The molecule has 0 radical (unpaired) electrons. The molecular formula is C22H20ClN5O. The molecule has 1 aromatic carbocycles. The predicted molar refractivity (Wildman–Crippen MR) is 112 cm³/mol. The Bertz CT molecular complexity index is 1190. The predicted octanol–water partition coefficient (Wildman–Crippen LogP) is 3.92. The second-order valence-corrected chi connectivity index (χ2v) is 7.30. The first-order valence-corrected chi connectivity index (χ1v) is 9.67. The second kappa shape index (κ2) is 8.01. The van der Waals surface area contributed by atoms with Crippen molar-refractivity contribution in [1.82, 2.24) is 24.9 Å². The third-order valence-electron chi connectivity index (χ3n) is 4.88. The lowest BCUT2D eigenvalue weighted by Crippen LogP contribution is -2.23. The van der Waals surface area contributed by atoms with Crippen molar-refractivity contribution in [3.05, 3.63) is 93.7 Å². The Balaban J connectivity index is 1.62. The Morgan fingerprint density at radius 3 is 2.79 bits per heavy atom. The molecule has 0 aliphatic rings. The fourth-order valence-corrected chi connectivity index (χ4v) is 3.56. The lowest BCUT2D eigenvalue weighted by molar-refractivity contribution is 0.0952. The van der Waals surface area contributed by atoms with Gasteiger partial charge in [-0.1, -0.05) is 29.8 Å². The summed E-state index contributed by atoms with van der Waals surface area (Å²) < 4.78 is 1.72. The van der Waals surface area contributed by atoms with E-state index in [9.17, 15) is 4.79 Å². The average Bonchev–Trinajstić information content (AvgIpc) is 3.14. The highest BCUT2D eigenvalue weighted by molar-refractivity contribution is 6.30. The Labute approximate surface area is 173 Å². The van der Waals surface area contributed by atoms with Gasteiger partial charge in [0.15, 0.2) is 5.65 Å². The maximum absolute atomic E-state index is 12.7. The topological polar surface area (TPSA) is 72.2 Å². The van der Waals surface area contributed by atoms with Crippen LogP contribution >= 0.6 is 11.6 Å². The van der Waals surface area contributed by atoms with Crippen molar-refractivity contribution in [2.24, 2.45) is 0 Å². The number of rotatable bonds is 5. The minimum atomic E-state index is -0.223. The molecule has 7 heteroatoms. The van der Waals surface area contributed by atoms with Gasteiger partial charge in [0.05, 0.1) is 18.4 Å². The van der Waals surface area contributed by atoms with Crippen LogP contribution in [0, 0.1) is 13.8 Å². The van der Waals surface area contributed by atoms with Crippen LogP contribution in [0.5, 0.6) is 0 Å². The molecule has 0 unspecified atom stereocenters. The molecule has 1 amide bonds. The number of aromatic nitrogens is 4. The largest absolute Gasteiger partial charge is 0.346 e. The number of hydrogen-bond donors (Lipinski definition) is 1. The first kappa shape index (κ1) is 19.1. The number of aryl methyl sites for hydroxylation is 2. The fourth-order valence-electron chi connectivity index (χ4n) is 3.35. The Morgan fingerprint density at radius 1 is 1.17 bits per heavy atom. The quantitative estimate of drug-likeness (QED) is 0.546. The zero-order valence-corrected chi connectivity index (χ0v) is 16.9. The van der Waals surface area contributed by atoms with Gasteiger partial charge in [0, 0.05) is 29.0 Å². The van der Waals surface area contributed by atoms with E-state index in [4.69, 9.17) is 11.6 Å². The van der Waals surface area contributed by atoms with E-state index in [2.05, 4.69) is 20.4 Å². The van der Waals surface area contributed by atoms with E-state index in [1.807, 2.05) is 56.3 Å². The molecule has 0 saturated heterocycles. The standard InChI is InChI=1S/C22H20ClN5O/c1-14-19(11-16-6-5-7-17(23)10-16)15(2)28-21(27-14)20(13-26-28)22(29)25-12-18-8-3-4-9-24-18/h3-10,13H,11-12H2,1-2H3,(H,25,29). The van der Waals surface area contributed by atoms with Crippen molar-refractivity contribution in [2.75, 3.05) is 0 Å². The van der Waals surface area contributed by atoms with E-state index >= 15 is 0 Å². The SMILES string of the molecule is Cc1nc2c(C(=O)NCc3ccccn3)cnn2c(C)c1Cc1cccc(Cl)c1. The van der Waals surface area contributed by atoms with Gasteiger partial charge in [-0.3, -0.25) is 9.78 Å². The zero-order chi connectivity index (χ0) is 20.4. The van der Waals surface area contributed by atoms with Gasteiger partial charge >= 0.3 is 0 Å². The molecule has 0 spiro atoms. The molecule has 6 nitrogen and oxygen atoms in total. The molecule has 4 rings (SSSR count). The van der Waals surface area contributed by atoms with Gasteiger partial charge in [-0.15, -0.1) is 0 Å². The van der Waals surface area contributed by atoms with Crippen molar-refractivity contribution >= 4 is 23.2 Å². The molecule has 0 atom stereocenters. The van der Waals surface area contributed by atoms with Crippen LogP contribution in [0.25, 0.3) is 5.65 Å². The van der Waals surface area contributed by atoms with Gasteiger partial charge in [0.25, 0.3) is 5.91 Å². The fraction of sp³-hybridized carbons (Fsp3) is 0.182. The van der Waals surface area contributed by atoms with Gasteiger partial charge in [0.2, 0.25) is 0 Å². The van der Waals surface area contributed by atoms with Crippen LogP contribution in [0.1, 0.15) is 38.6 Å². The van der Waals surface area contributed by atoms with E-state index in [1.54, 1.807) is 16.9 Å². The van der Waals surface area contributed by atoms with Crippen molar-refractivity contribution in [2.45, 2.75) is 26.8 Å². The monoisotopic (exact) mass is 405 g/mol. The third kappa shape index (κ3) is 3.98. The van der Waals surface area contributed by atoms with Crippen molar-refractivity contribution in [3.63, 3.8) is 0 Å². The van der Waals surface area contributed by atoms with Crippen LogP contribution in [0.4, 0.5) is 0 Å². The number of pyridine rings is 1. The van der Waals surface area contributed by atoms with Gasteiger partial charge < -0.3 is 5.32 Å². The molecule has 3 heterocycles. The Kier molecular flexibility index (Phi) is 5.27. The van der Waals surface area contributed by atoms with Crippen molar-refractivity contribution < 1.29 is 4.79 Å². The minimum absolute atomic E-state index is 0.223. The normalized spacial score (nSPS) is 11.0. The number of nitrogens with zero attached hydrogens (tertiary/aromatic N) is 4. The Morgan fingerprint density at radius 2 is 2.03 bits per heavy atom. The highest BCUT2D eigenvalue weighted by Gasteiger charge is 2.18. The lowest BCUT2D eigenvalue weighted by Gasteiger charge is -2.12. The summed E-state index contributed by atoms with van der Waals surface area (Å²) in [7, 11) is 0. The summed E-state index contributed by atoms with van der Waals surface area (Å²) in [5, 5.41) is 8.00. The van der Waals surface area contributed by atoms with Gasteiger partial charge in [0.1, 0.15) is 5.56 Å². The van der Waals surface area contributed by atoms with Crippen LogP contribution in [-0.2, 0) is 13.0 Å². The highest BCUT2D eigenvalue weighted by atomic mass is 35.5. The van der Waals surface area contributed by atoms with Gasteiger partial charge in [-0.05, 0) is 49.2 Å². The van der Waals surface area contributed by atoms with Crippen molar-refractivity contribution in [1.29, 1.82) is 0 Å². The zero-order valence-electron chi connectivity index (χ0n) is 16.2. The molecule has 3 aromatic heterocycles. The molecule has 29 heavy (non-hydrogen) atoms. The number of carbonyl (C=O) groups excluding carboxylic acids is 1. The molecule has 0 aliphatic carbocycles. The maximum Gasteiger partial charge on any atom is 0.257 e. The molecule has 0 bridgehead atoms. The number of hydrogen-bond acceptors (Lipinski definition) is 4. The lowest BCUT2D eigenvalue weighted by atomic mass is 10.0. The summed E-state index contributed by atoms with van der Waals surface area (Å²) in [5.41, 5.74) is 5.79. The van der Waals surface area contributed by atoms with E-state index in [0.29, 0.717) is 29.2 Å². The molecule has 0 fully saturated rings. The average molecular weight is 406 g/mol. The van der Waals surface area contributed by atoms with Gasteiger partial charge in [-0.25, -0.2) is 9.50 Å². The maximum atomic E-state index is 12.7. The molecule has 0 aliphatic heterocycles. The third-order valence-corrected chi connectivity index (χ3v) is 5.11. The summed E-state index contributed by atoms with van der Waals surface area (Å²) in [6, 6.07) is 13.4. The van der Waals surface area contributed by atoms with E-state index in [-0.39, 0.29) is 5.91 Å². The smallest absolute Gasteiger partial charge is 0.257 e. The van der Waals surface area contributed by atoms with E-state index in [1.165, 1.54) is 0 Å². The van der Waals surface area contributed by atoms with Crippen LogP contribution in [-0.4, -0.2) is 25.5 Å².